The molecule has 0 atom stereocenters. The number of aromatic nitrogens is 1. The van der Waals surface area contributed by atoms with E-state index >= 15 is 0 Å². The lowest BCUT2D eigenvalue weighted by molar-refractivity contribution is -0.385. The Morgan fingerprint density at radius 3 is 2.35 bits per heavy atom. The van der Waals surface area contributed by atoms with Crippen molar-refractivity contribution in [2.24, 2.45) is 0 Å². The number of carbonyl (C=O) groups is 2. The van der Waals surface area contributed by atoms with Gasteiger partial charge in [0.2, 0.25) is 0 Å². The summed E-state index contributed by atoms with van der Waals surface area (Å²) in [5.41, 5.74) is -0.164. The molecule has 1 aliphatic heterocycles. The summed E-state index contributed by atoms with van der Waals surface area (Å²) < 4.78 is 38.6. The highest BCUT2D eigenvalue weighted by atomic mass is 32.2. The number of non-ortho nitro benzene ring substituents is 1. The summed E-state index contributed by atoms with van der Waals surface area (Å²) in [5.74, 6) is -2.86. The van der Waals surface area contributed by atoms with Crippen molar-refractivity contribution in [1.29, 1.82) is 0 Å². The van der Waals surface area contributed by atoms with E-state index in [1.54, 1.807) is 24.3 Å². The Morgan fingerprint density at radius 1 is 1.00 bits per heavy atom. The Morgan fingerprint density at radius 2 is 1.68 bits per heavy atom. The number of benzene rings is 2. The maximum absolute atomic E-state index is 13.4. The number of nitrogens with zero attached hydrogens (tertiary/aromatic N) is 2. The van der Waals surface area contributed by atoms with Gasteiger partial charge in [-0.3, -0.25) is 10.1 Å². The molecule has 2 aliphatic rings. The molecule has 174 valence electrons. The van der Waals surface area contributed by atoms with Crippen LogP contribution in [0.25, 0.3) is 17.0 Å². The molecule has 0 amide bonds. The van der Waals surface area contributed by atoms with E-state index in [1.165, 1.54) is 30.5 Å². The van der Waals surface area contributed by atoms with Crippen molar-refractivity contribution in [2.45, 2.75) is 36.4 Å². The quantitative estimate of drug-likeness (QED) is 0.181. The number of fused-ring (bicyclic) bond motifs is 1. The summed E-state index contributed by atoms with van der Waals surface area (Å²) in [4.78, 5) is 35.5. The summed E-state index contributed by atoms with van der Waals surface area (Å²) >= 11 is 0. The minimum absolute atomic E-state index is 0.269. The third kappa shape index (κ3) is 3.54. The van der Waals surface area contributed by atoms with E-state index in [0.29, 0.717) is 18.2 Å². The number of carbonyl (C=O) groups excluding carboxylic acids is 2. The second kappa shape index (κ2) is 7.80. The van der Waals surface area contributed by atoms with Gasteiger partial charge in [0.05, 0.1) is 15.3 Å². The van der Waals surface area contributed by atoms with Gasteiger partial charge in [-0.1, -0.05) is 24.3 Å². The van der Waals surface area contributed by atoms with Crippen LogP contribution in [0.15, 0.2) is 65.2 Å². The van der Waals surface area contributed by atoms with Gasteiger partial charge in [0.15, 0.2) is 0 Å². The minimum Gasteiger partial charge on any atom is -0.419 e. The normalized spacial score (nSPS) is 17.6. The molecule has 2 aromatic carbocycles. The van der Waals surface area contributed by atoms with Crippen molar-refractivity contribution in [2.75, 3.05) is 0 Å². The lowest BCUT2D eigenvalue weighted by Crippen LogP contribution is -2.44. The fourth-order valence-electron chi connectivity index (χ4n) is 4.30. The summed E-state index contributed by atoms with van der Waals surface area (Å²) in [6.45, 7) is 0. The first-order chi connectivity index (χ1) is 16.2. The van der Waals surface area contributed by atoms with Crippen molar-refractivity contribution >= 4 is 44.6 Å². The van der Waals surface area contributed by atoms with Crippen molar-refractivity contribution < 1.29 is 32.4 Å². The number of ether oxygens (including phenoxy) is 2. The molecule has 0 bridgehead atoms. The maximum Gasteiger partial charge on any atom is 0.348 e. The number of esters is 2. The van der Waals surface area contributed by atoms with E-state index in [-0.39, 0.29) is 27.2 Å². The Bertz CT molecular complexity index is 1470. The van der Waals surface area contributed by atoms with Crippen LogP contribution in [0.5, 0.6) is 0 Å². The van der Waals surface area contributed by atoms with Gasteiger partial charge in [-0.2, -0.15) is 0 Å². The number of nitro groups is 1. The standard InChI is InChI=1S/C23H18N2O8S/c26-21-19(22(27)33-23(32-21)10-3-4-11-23)12-15-14-24(20-9-2-1-8-18(15)20)34(30,31)17-7-5-6-16(13-17)25(28)29/h1-2,5-9,12-14H,3-4,10-11H2. The van der Waals surface area contributed by atoms with Gasteiger partial charge in [-0.25, -0.2) is 22.0 Å². The highest BCUT2D eigenvalue weighted by Gasteiger charge is 2.48. The third-order valence-corrected chi connectivity index (χ3v) is 7.63. The molecule has 2 fully saturated rings. The van der Waals surface area contributed by atoms with Crippen molar-refractivity contribution in [1.82, 2.24) is 3.97 Å². The van der Waals surface area contributed by atoms with Crippen LogP contribution in [0.2, 0.25) is 0 Å². The van der Waals surface area contributed by atoms with Crippen molar-refractivity contribution in [3.63, 3.8) is 0 Å². The molecule has 1 aliphatic carbocycles. The molecule has 2 heterocycles. The highest BCUT2D eigenvalue weighted by molar-refractivity contribution is 7.90. The molecule has 10 nitrogen and oxygen atoms in total. The first kappa shape index (κ1) is 21.8. The molecular weight excluding hydrogens is 464 g/mol. The van der Waals surface area contributed by atoms with Crippen LogP contribution in [0.4, 0.5) is 5.69 Å². The van der Waals surface area contributed by atoms with Crippen LogP contribution in [-0.2, 0) is 29.1 Å². The molecule has 1 saturated heterocycles. The first-order valence-corrected chi connectivity index (χ1v) is 11.9. The van der Waals surface area contributed by atoms with Crippen LogP contribution < -0.4 is 0 Å². The fourth-order valence-corrected chi connectivity index (χ4v) is 5.72. The number of para-hydroxylation sites is 1. The number of hydrogen-bond acceptors (Lipinski definition) is 8. The van der Waals surface area contributed by atoms with E-state index in [1.807, 2.05) is 0 Å². The van der Waals surface area contributed by atoms with Gasteiger partial charge >= 0.3 is 11.9 Å². The van der Waals surface area contributed by atoms with E-state index in [2.05, 4.69) is 0 Å². The SMILES string of the molecule is O=C1OC2(CCCC2)OC(=O)C1=Cc1cn(S(=O)(=O)c2cccc([N+](=O)[O-])c2)c2ccccc12. The first-order valence-electron chi connectivity index (χ1n) is 10.5. The molecule has 0 unspecified atom stereocenters. The van der Waals surface area contributed by atoms with Crippen LogP contribution >= 0.6 is 0 Å². The molecule has 34 heavy (non-hydrogen) atoms. The van der Waals surface area contributed by atoms with Gasteiger partial charge in [-0.15, -0.1) is 0 Å². The van der Waals surface area contributed by atoms with Gasteiger partial charge in [0.25, 0.3) is 21.5 Å². The van der Waals surface area contributed by atoms with E-state index in [4.69, 9.17) is 9.47 Å². The second-order valence-electron chi connectivity index (χ2n) is 8.11. The van der Waals surface area contributed by atoms with Crippen LogP contribution in [0.3, 0.4) is 0 Å². The average Bonchev–Trinajstić information content (AvgIpc) is 3.41. The Labute approximate surface area is 193 Å². The van der Waals surface area contributed by atoms with Gasteiger partial charge in [-0.05, 0) is 31.1 Å². The maximum atomic E-state index is 13.4. The average molecular weight is 482 g/mol. The highest BCUT2D eigenvalue weighted by Crippen LogP contribution is 2.39. The molecule has 5 rings (SSSR count). The second-order valence-corrected chi connectivity index (χ2v) is 9.93. The van der Waals surface area contributed by atoms with Crippen LogP contribution in [-0.4, -0.2) is 35.0 Å². The molecule has 3 aromatic rings. The molecule has 1 saturated carbocycles. The largest absolute Gasteiger partial charge is 0.419 e. The summed E-state index contributed by atoms with van der Waals surface area (Å²) in [5, 5.41) is 11.6. The lowest BCUT2D eigenvalue weighted by atomic mass is 10.1. The zero-order valence-electron chi connectivity index (χ0n) is 17.7. The number of hydrogen-bond donors (Lipinski definition) is 0. The third-order valence-electron chi connectivity index (χ3n) is 5.96. The monoisotopic (exact) mass is 482 g/mol. The predicted octanol–water partition coefficient (Wildman–Crippen LogP) is 3.54. The molecule has 0 radical (unpaired) electrons. The number of nitro benzene ring substituents is 1. The Balaban J connectivity index is 1.60. The smallest absolute Gasteiger partial charge is 0.348 e. The minimum atomic E-state index is -4.24. The topological polar surface area (TPSA) is 135 Å². The summed E-state index contributed by atoms with van der Waals surface area (Å²) in [6.07, 6.45) is 4.95. The Hall–Kier alpha value is -3.99. The zero-order chi connectivity index (χ0) is 24.1. The Kier molecular flexibility index (Phi) is 5.01. The lowest BCUT2D eigenvalue weighted by Gasteiger charge is -2.32. The van der Waals surface area contributed by atoms with E-state index < -0.39 is 32.7 Å². The van der Waals surface area contributed by atoms with Gasteiger partial charge in [0, 0.05) is 42.1 Å². The predicted molar refractivity (Wildman–Crippen MR) is 119 cm³/mol. The molecule has 1 spiro atoms. The van der Waals surface area contributed by atoms with Gasteiger partial charge in [0.1, 0.15) is 5.57 Å². The molecular formula is C23H18N2O8S. The van der Waals surface area contributed by atoms with Crippen molar-refractivity contribution in [3.05, 3.63) is 76.0 Å². The number of rotatable bonds is 4. The zero-order valence-corrected chi connectivity index (χ0v) is 18.5. The summed E-state index contributed by atoms with van der Waals surface area (Å²) in [6, 6.07) is 11.2. The molecule has 11 heteroatoms. The summed E-state index contributed by atoms with van der Waals surface area (Å²) in [7, 11) is -4.24. The van der Waals surface area contributed by atoms with Crippen LogP contribution in [0, 0.1) is 10.1 Å². The molecule has 1 aromatic heterocycles. The molecule has 0 N–H and O–H groups in total. The fraction of sp³-hybridized carbons (Fsp3) is 0.217. The van der Waals surface area contributed by atoms with E-state index in [0.717, 1.165) is 22.9 Å². The van der Waals surface area contributed by atoms with E-state index in [9.17, 15) is 28.1 Å². The van der Waals surface area contributed by atoms with Crippen molar-refractivity contribution in [3.8, 4) is 0 Å². The van der Waals surface area contributed by atoms with Gasteiger partial charge < -0.3 is 9.47 Å². The van der Waals surface area contributed by atoms with Crippen LogP contribution in [0.1, 0.15) is 31.2 Å².